The van der Waals surface area contributed by atoms with Crippen LogP contribution >= 0.6 is 0 Å². The molecule has 2 atom stereocenters. The summed E-state index contributed by atoms with van der Waals surface area (Å²) in [5.41, 5.74) is 2.38. The Labute approximate surface area is 166 Å². The van der Waals surface area contributed by atoms with Gasteiger partial charge in [0.25, 0.3) is 0 Å². The molecule has 0 aliphatic carbocycles. The number of fused-ring (bicyclic) bond motifs is 1. The maximum absolute atomic E-state index is 13.1. The average molecular weight is 385 g/mol. The zero-order valence-corrected chi connectivity index (χ0v) is 16.7. The molecule has 0 saturated heterocycles. The number of halogens is 1. The van der Waals surface area contributed by atoms with Gasteiger partial charge in [-0.25, -0.2) is 4.39 Å². The normalized spacial score (nSPS) is 20.1. The standard InChI is InChI=1S/C23H28FNO3/c1-5-13-27-22-21(26-6-2)19-14-18(11-12-20(19)28-23(22,3)4)25-15-16-7-9-17(24)10-8-16/h5,7-12,14,21-22,25H,1,6,13,15H2,2-4H3. The highest BCUT2D eigenvalue weighted by atomic mass is 19.1. The molecule has 0 fully saturated rings. The minimum Gasteiger partial charge on any atom is -0.485 e. The molecule has 4 nitrogen and oxygen atoms in total. The number of anilines is 1. The number of rotatable bonds is 8. The van der Waals surface area contributed by atoms with E-state index in [2.05, 4.69) is 11.9 Å². The number of ether oxygens (including phenoxy) is 3. The lowest BCUT2D eigenvalue weighted by Gasteiger charge is -2.44. The predicted molar refractivity (Wildman–Crippen MR) is 109 cm³/mol. The van der Waals surface area contributed by atoms with Crippen molar-refractivity contribution in [3.05, 3.63) is 72.1 Å². The van der Waals surface area contributed by atoms with Gasteiger partial charge in [-0.1, -0.05) is 18.2 Å². The predicted octanol–water partition coefficient (Wildman–Crippen LogP) is 5.26. The fraction of sp³-hybridized carbons (Fsp3) is 0.391. The van der Waals surface area contributed by atoms with Gasteiger partial charge in [0.2, 0.25) is 0 Å². The summed E-state index contributed by atoms with van der Waals surface area (Å²) >= 11 is 0. The number of nitrogens with one attached hydrogen (secondary N) is 1. The summed E-state index contributed by atoms with van der Waals surface area (Å²) in [5.74, 6) is 0.566. The van der Waals surface area contributed by atoms with Crippen molar-refractivity contribution in [2.75, 3.05) is 18.5 Å². The molecule has 0 radical (unpaired) electrons. The van der Waals surface area contributed by atoms with Gasteiger partial charge in [0.05, 0.1) is 6.61 Å². The fourth-order valence-corrected chi connectivity index (χ4v) is 3.47. The molecule has 1 aliphatic rings. The van der Waals surface area contributed by atoms with Gasteiger partial charge in [0, 0.05) is 24.4 Å². The van der Waals surface area contributed by atoms with Crippen LogP contribution in [-0.4, -0.2) is 24.9 Å². The Bertz CT molecular complexity index is 804. The summed E-state index contributed by atoms with van der Waals surface area (Å²) < 4.78 is 31.4. The molecule has 2 aromatic carbocycles. The van der Waals surface area contributed by atoms with Crippen LogP contribution in [0, 0.1) is 5.82 Å². The first kappa shape index (κ1) is 20.4. The third kappa shape index (κ3) is 4.54. The van der Waals surface area contributed by atoms with Crippen molar-refractivity contribution >= 4 is 5.69 Å². The van der Waals surface area contributed by atoms with E-state index < -0.39 is 5.60 Å². The van der Waals surface area contributed by atoms with Crippen molar-refractivity contribution < 1.29 is 18.6 Å². The molecular formula is C23H28FNO3. The topological polar surface area (TPSA) is 39.7 Å². The van der Waals surface area contributed by atoms with Crippen molar-refractivity contribution in [2.45, 2.75) is 45.1 Å². The molecule has 5 heteroatoms. The van der Waals surface area contributed by atoms with Crippen LogP contribution in [0.3, 0.4) is 0 Å². The van der Waals surface area contributed by atoms with E-state index in [1.807, 2.05) is 39.0 Å². The first-order valence-corrected chi connectivity index (χ1v) is 9.60. The zero-order chi connectivity index (χ0) is 20.1. The van der Waals surface area contributed by atoms with Gasteiger partial charge >= 0.3 is 0 Å². The van der Waals surface area contributed by atoms with E-state index in [0.29, 0.717) is 19.8 Å². The van der Waals surface area contributed by atoms with E-state index >= 15 is 0 Å². The Hall–Kier alpha value is -2.37. The van der Waals surface area contributed by atoms with Gasteiger partial charge in [-0.15, -0.1) is 6.58 Å². The smallest absolute Gasteiger partial charge is 0.132 e. The lowest BCUT2D eigenvalue weighted by atomic mass is 9.88. The molecular weight excluding hydrogens is 357 g/mol. The van der Waals surface area contributed by atoms with Gasteiger partial charge in [0.1, 0.15) is 29.4 Å². The second-order valence-electron chi connectivity index (χ2n) is 7.36. The summed E-state index contributed by atoms with van der Waals surface area (Å²) in [6.45, 7) is 11.3. The van der Waals surface area contributed by atoms with Crippen molar-refractivity contribution in [3.8, 4) is 5.75 Å². The molecule has 2 aromatic rings. The second-order valence-corrected chi connectivity index (χ2v) is 7.36. The van der Waals surface area contributed by atoms with Crippen LogP contribution in [0.2, 0.25) is 0 Å². The highest BCUT2D eigenvalue weighted by Crippen LogP contribution is 2.44. The summed E-state index contributed by atoms with van der Waals surface area (Å²) in [5, 5.41) is 3.38. The SMILES string of the molecule is C=CCOC1C(OCC)c2cc(NCc3ccc(F)cc3)ccc2OC1(C)C. The molecule has 3 rings (SSSR count). The molecule has 1 aliphatic heterocycles. The van der Waals surface area contributed by atoms with E-state index in [9.17, 15) is 4.39 Å². The van der Waals surface area contributed by atoms with Crippen LogP contribution in [0.1, 0.15) is 38.0 Å². The van der Waals surface area contributed by atoms with Crippen LogP contribution in [0.15, 0.2) is 55.1 Å². The van der Waals surface area contributed by atoms with E-state index in [1.54, 1.807) is 18.2 Å². The quantitative estimate of drug-likeness (QED) is 0.630. The Morgan fingerprint density at radius 1 is 1.18 bits per heavy atom. The Balaban J connectivity index is 1.84. The summed E-state index contributed by atoms with van der Waals surface area (Å²) in [6.07, 6.45) is 1.23. The van der Waals surface area contributed by atoms with Crippen molar-refractivity contribution in [2.24, 2.45) is 0 Å². The Morgan fingerprint density at radius 2 is 1.93 bits per heavy atom. The van der Waals surface area contributed by atoms with Crippen molar-refractivity contribution in [3.63, 3.8) is 0 Å². The molecule has 28 heavy (non-hydrogen) atoms. The zero-order valence-electron chi connectivity index (χ0n) is 16.7. The molecule has 0 saturated carbocycles. The minimum absolute atomic E-state index is 0.234. The average Bonchev–Trinajstić information content (AvgIpc) is 2.67. The van der Waals surface area contributed by atoms with E-state index in [1.165, 1.54) is 12.1 Å². The van der Waals surface area contributed by atoms with Crippen LogP contribution < -0.4 is 10.1 Å². The monoisotopic (exact) mass is 385 g/mol. The lowest BCUT2D eigenvalue weighted by molar-refractivity contribution is -0.155. The largest absolute Gasteiger partial charge is 0.485 e. The Morgan fingerprint density at radius 3 is 2.61 bits per heavy atom. The molecule has 0 aromatic heterocycles. The second kappa shape index (κ2) is 8.76. The molecule has 150 valence electrons. The Kier molecular flexibility index (Phi) is 6.37. The highest BCUT2D eigenvalue weighted by molar-refractivity contribution is 5.53. The van der Waals surface area contributed by atoms with Crippen LogP contribution in [0.4, 0.5) is 10.1 Å². The summed E-state index contributed by atoms with van der Waals surface area (Å²) in [7, 11) is 0. The van der Waals surface area contributed by atoms with Crippen molar-refractivity contribution in [1.82, 2.24) is 0 Å². The molecule has 1 heterocycles. The molecule has 0 bridgehead atoms. The maximum atomic E-state index is 13.1. The van der Waals surface area contributed by atoms with Gasteiger partial charge in [-0.3, -0.25) is 0 Å². The maximum Gasteiger partial charge on any atom is 0.132 e. The molecule has 0 amide bonds. The first-order chi connectivity index (χ1) is 13.4. The van der Waals surface area contributed by atoms with E-state index in [0.717, 1.165) is 22.6 Å². The van der Waals surface area contributed by atoms with Crippen molar-refractivity contribution in [1.29, 1.82) is 0 Å². The van der Waals surface area contributed by atoms with Crippen LogP contribution in [0.5, 0.6) is 5.75 Å². The van der Waals surface area contributed by atoms with Crippen LogP contribution in [-0.2, 0) is 16.0 Å². The van der Waals surface area contributed by atoms with Gasteiger partial charge in [-0.2, -0.15) is 0 Å². The van der Waals surface area contributed by atoms with E-state index in [-0.39, 0.29) is 18.0 Å². The molecule has 0 spiro atoms. The fourth-order valence-electron chi connectivity index (χ4n) is 3.47. The van der Waals surface area contributed by atoms with E-state index in [4.69, 9.17) is 14.2 Å². The molecule has 1 N–H and O–H groups in total. The van der Waals surface area contributed by atoms with Gasteiger partial charge in [0.15, 0.2) is 0 Å². The third-order valence-corrected chi connectivity index (χ3v) is 4.80. The lowest BCUT2D eigenvalue weighted by Crippen LogP contribution is -2.51. The van der Waals surface area contributed by atoms with Gasteiger partial charge in [-0.05, 0) is 56.7 Å². The summed E-state index contributed by atoms with van der Waals surface area (Å²) in [4.78, 5) is 0. The number of hydrogen-bond acceptors (Lipinski definition) is 4. The highest BCUT2D eigenvalue weighted by Gasteiger charge is 2.45. The van der Waals surface area contributed by atoms with Crippen LogP contribution in [0.25, 0.3) is 0 Å². The third-order valence-electron chi connectivity index (χ3n) is 4.80. The molecule has 2 unspecified atom stereocenters. The summed E-state index contributed by atoms with van der Waals surface area (Å²) in [6, 6.07) is 12.5. The number of hydrogen-bond donors (Lipinski definition) is 1. The number of benzene rings is 2. The minimum atomic E-state index is -0.529. The first-order valence-electron chi connectivity index (χ1n) is 9.60. The van der Waals surface area contributed by atoms with Gasteiger partial charge < -0.3 is 19.5 Å².